The number of rotatable bonds is 2. The van der Waals surface area contributed by atoms with E-state index in [4.69, 9.17) is 28.9 Å². The van der Waals surface area contributed by atoms with Crippen molar-refractivity contribution in [3.63, 3.8) is 0 Å². The number of likely N-dealkylation sites (tertiary alicyclic amines) is 1. The van der Waals surface area contributed by atoms with Crippen molar-refractivity contribution in [1.29, 1.82) is 0 Å². The second kappa shape index (κ2) is 5.95. The number of nitro groups is 1. The summed E-state index contributed by atoms with van der Waals surface area (Å²) < 4.78 is 0. The molecular formula is C12H13Cl2N3O3. The van der Waals surface area contributed by atoms with E-state index in [0.717, 1.165) is 12.1 Å². The van der Waals surface area contributed by atoms with Gasteiger partial charge in [-0.3, -0.25) is 14.9 Å². The molecule has 1 aromatic carbocycles. The lowest BCUT2D eigenvalue weighted by Crippen LogP contribution is -2.42. The maximum absolute atomic E-state index is 12.4. The van der Waals surface area contributed by atoms with Crippen molar-refractivity contribution in [3.8, 4) is 0 Å². The van der Waals surface area contributed by atoms with E-state index in [2.05, 4.69) is 0 Å². The summed E-state index contributed by atoms with van der Waals surface area (Å²) >= 11 is 11.8. The van der Waals surface area contributed by atoms with Crippen molar-refractivity contribution >= 4 is 34.8 Å². The molecule has 2 N–H and O–H groups in total. The summed E-state index contributed by atoms with van der Waals surface area (Å²) in [7, 11) is 0. The second-order valence-corrected chi connectivity index (χ2v) is 5.46. The molecule has 0 aliphatic carbocycles. The lowest BCUT2D eigenvalue weighted by Gasteiger charge is -2.30. The van der Waals surface area contributed by atoms with E-state index in [1.807, 2.05) is 0 Å². The first kappa shape index (κ1) is 15.0. The third kappa shape index (κ3) is 3.03. The Balaban J connectivity index is 2.31. The second-order valence-electron chi connectivity index (χ2n) is 4.68. The highest BCUT2D eigenvalue weighted by molar-refractivity contribution is 6.44. The van der Waals surface area contributed by atoms with Crippen LogP contribution >= 0.6 is 23.2 Å². The lowest BCUT2D eigenvalue weighted by molar-refractivity contribution is -0.384. The monoisotopic (exact) mass is 317 g/mol. The Morgan fingerprint density at radius 3 is 2.50 bits per heavy atom. The van der Waals surface area contributed by atoms with E-state index in [-0.39, 0.29) is 33.2 Å². The highest BCUT2D eigenvalue weighted by Crippen LogP contribution is 2.32. The number of hydrogen-bond donors (Lipinski definition) is 1. The van der Waals surface area contributed by atoms with Gasteiger partial charge in [0.05, 0.1) is 20.5 Å². The molecule has 1 fully saturated rings. The largest absolute Gasteiger partial charge is 0.338 e. The lowest BCUT2D eigenvalue weighted by atomic mass is 10.0. The van der Waals surface area contributed by atoms with Gasteiger partial charge in [0.2, 0.25) is 0 Å². The number of piperidine rings is 1. The van der Waals surface area contributed by atoms with E-state index in [0.29, 0.717) is 25.9 Å². The number of benzene rings is 1. The average Bonchev–Trinajstić information content (AvgIpc) is 2.41. The number of nitrogens with two attached hydrogens (primary N) is 1. The minimum atomic E-state index is -0.606. The molecule has 6 nitrogen and oxygen atoms in total. The van der Waals surface area contributed by atoms with Crippen molar-refractivity contribution < 1.29 is 9.72 Å². The fourth-order valence-electron chi connectivity index (χ4n) is 2.11. The van der Waals surface area contributed by atoms with Crippen molar-refractivity contribution in [1.82, 2.24) is 4.90 Å². The van der Waals surface area contributed by atoms with Gasteiger partial charge in [-0.2, -0.15) is 0 Å². The van der Waals surface area contributed by atoms with Gasteiger partial charge in [0.15, 0.2) is 0 Å². The average molecular weight is 318 g/mol. The van der Waals surface area contributed by atoms with Crippen LogP contribution in [0.1, 0.15) is 23.2 Å². The maximum Gasteiger partial charge on any atom is 0.271 e. The fraction of sp³-hybridized carbons (Fsp3) is 0.417. The molecule has 0 spiro atoms. The topological polar surface area (TPSA) is 89.5 Å². The quantitative estimate of drug-likeness (QED) is 0.670. The van der Waals surface area contributed by atoms with Crippen LogP contribution in [-0.4, -0.2) is 34.9 Å². The molecule has 1 saturated heterocycles. The summed E-state index contributed by atoms with van der Waals surface area (Å²) in [6.07, 6.45) is 1.40. The molecule has 1 aliphatic rings. The van der Waals surface area contributed by atoms with Crippen LogP contribution in [0.5, 0.6) is 0 Å². The van der Waals surface area contributed by atoms with Gasteiger partial charge in [-0.1, -0.05) is 23.2 Å². The standard InChI is InChI=1S/C12H13Cl2N3O3/c13-10-6-8(17(19)20)5-9(11(10)14)12(18)16-3-1-7(15)2-4-16/h5-7H,1-4,15H2. The van der Waals surface area contributed by atoms with Crippen LogP contribution in [-0.2, 0) is 0 Å². The van der Waals surface area contributed by atoms with Gasteiger partial charge in [-0.25, -0.2) is 0 Å². The molecule has 8 heteroatoms. The summed E-state index contributed by atoms with van der Waals surface area (Å²) in [6.45, 7) is 1.02. The van der Waals surface area contributed by atoms with Crippen LogP contribution in [0.3, 0.4) is 0 Å². The van der Waals surface area contributed by atoms with E-state index >= 15 is 0 Å². The number of amides is 1. The molecular weight excluding hydrogens is 305 g/mol. The number of halogens is 2. The van der Waals surface area contributed by atoms with Gasteiger partial charge in [-0.15, -0.1) is 0 Å². The van der Waals surface area contributed by atoms with E-state index in [1.54, 1.807) is 4.90 Å². The molecule has 20 heavy (non-hydrogen) atoms. The zero-order valence-corrected chi connectivity index (χ0v) is 12.0. The van der Waals surface area contributed by atoms with Crippen molar-refractivity contribution in [3.05, 3.63) is 37.9 Å². The first-order valence-electron chi connectivity index (χ1n) is 6.08. The molecule has 0 unspecified atom stereocenters. The van der Waals surface area contributed by atoms with Gasteiger partial charge in [0.25, 0.3) is 11.6 Å². The maximum atomic E-state index is 12.4. The molecule has 0 atom stereocenters. The minimum absolute atomic E-state index is 0.00192. The molecule has 0 radical (unpaired) electrons. The van der Waals surface area contributed by atoms with E-state index < -0.39 is 4.92 Å². The normalized spacial score (nSPS) is 16.2. The minimum Gasteiger partial charge on any atom is -0.338 e. The smallest absolute Gasteiger partial charge is 0.271 e. The SMILES string of the molecule is NC1CCN(C(=O)c2cc([N+](=O)[O-])cc(Cl)c2Cl)CC1. The first-order chi connectivity index (χ1) is 9.40. The number of non-ortho nitro benzene ring substituents is 1. The Morgan fingerprint density at radius 2 is 1.95 bits per heavy atom. The Bertz CT molecular complexity index is 557. The van der Waals surface area contributed by atoms with Crippen LogP contribution in [0.25, 0.3) is 0 Å². The van der Waals surface area contributed by atoms with E-state index in [1.165, 1.54) is 0 Å². The molecule has 108 valence electrons. The zero-order chi connectivity index (χ0) is 14.9. The molecule has 1 amide bonds. The molecule has 0 bridgehead atoms. The molecule has 1 heterocycles. The Hall–Kier alpha value is -1.37. The van der Waals surface area contributed by atoms with E-state index in [9.17, 15) is 14.9 Å². The van der Waals surface area contributed by atoms with Crippen LogP contribution in [0.15, 0.2) is 12.1 Å². The van der Waals surface area contributed by atoms with Crippen molar-refractivity contribution in [2.24, 2.45) is 5.73 Å². The summed E-state index contributed by atoms with van der Waals surface area (Å²) in [5, 5.41) is 10.9. The summed E-state index contributed by atoms with van der Waals surface area (Å²) in [5.74, 6) is -0.354. The molecule has 2 rings (SSSR count). The number of nitrogens with zero attached hydrogens (tertiary/aromatic N) is 2. The predicted octanol–water partition coefficient (Wildman–Crippen LogP) is 2.46. The molecule has 0 aromatic heterocycles. The van der Waals surface area contributed by atoms with Crippen molar-refractivity contribution in [2.75, 3.05) is 13.1 Å². The van der Waals surface area contributed by atoms with Crippen molar-refractivity contribution in [2.45, 2.75) is 18.9 Å². The fourth-order valence-corrected chi connectivity index (χ4v) is 2.51. The van der Waals surface area contributed by atoms with Crippen LogP contribution in [0.4, 0.5) is 5.69 Å². The molecule has 0 saturated carbocycles. The summed E-state index contributed by atoms with van der Waals surface area (Å²) in [4.78, 5) is 24.2. The highest BCUT2D eigenvalue weighted by atomic mass is 35.5. The third-order valence-corrected chi connectivity index (χ3v) is 4.08. The van der Waals surface area contributed by atoms with Crippen LogP contribution < -0.4 is 5.73 Å². The number of hydrogen-bond acceptors (Lipinski definition) is 4. The number of carbonyl (C=O) groups is 1. The number of nitro benzene ring substituents is 1. The van der Waals surface area contributed by atoms with Gasteiger partial charge >= 0.3 is 0 Å². The molecule has 1 aliphatic heterocycles. The third-order valence-electron chi connectivity index (χ3n) is 3.28. The zero-order valence-electron chi connectivity index (χ0n) is 10.5. The van der Waals surface area contributed by atoms with Gasteiger partial charge < -0.3 is 10.6 Å². The predicted molar refractivity (Wildman–Crippen MR) is 76.2 cm³/mol. The first-order valence-corrected chi connectivity index (χ1v) is 6.84. The van der Waals surface area contributed by atoms with Crippen LogP contribution in [0, 0.1) is 10.1 Å². The highest BCUT2D eigenvalue weighted by Gasteiger charge is 2.26. The Kier molecular flexibility index (Phi) is 4.47. The van der Waals surface area contributed by atoms with Gasteiger partial charge in [0, 0.05) is 31.3 Å². The summed E-state index contributed by atoms with van der Waals surface area (Å²) in [6, 6.07) is 2.38. The Morgan fingerprint density at radius 1 is 1.35 bits per heavy atom. The summed E-state index contributed by atoms with van der Waals surface area (Å²) in [5.41, 5.74) is 5.58. The Labute approximate surface area is 125 Å². The number of carbonyl (C=O) groups excluding carboxylic acids is 1. The van der Waals surface area contributed by atoms with Gasteiger partial charge in [-0.05, 0) is 12.8 Å². The van der Waals surface area contributed by atoms with Gasteiger partial charge in [0.1, 0.15) is 0 Å². The molecule has 1 aromatic rings. The van der Waals surface area contributed by atoms with Crippen LogP contribution in [0.2, 0.25) is 10.0 Å².